The Kier molecular flexibility index (Phi) is 9.58. The van der Waals surface area contributed by atoms with Gasteiger partial charge in [-0.2, -0.15) is 0 Å². The lowest BCUT2D eigenvalue weighted by molar-refractivity contribution is -0.128. The number of carbonyl (C=O) groups excluding carboxylic acids is 3. The van der Waals surface area contributed by atoms with Crippen molar-refractivity contribution in [2.45, 2.75) is 33.7 Å². The molecule has 0 aliphatic carbocycles. The molecular formula is C19H27ClN2O6. The van der Waals surface area contributed by atoms with E-state index in [0.717, 1.165) is 0 Å². The van der Waals surface area contributed by atoms with Crippen molar-refractivity contribution in [1.29, 1.82) is 0 Å². The van der Waals surface area contributed by atoms with E-state index >= 15 is 0 Å². The number of amides is 2. The zero-order valence-corrected chi connectivity index (χ0v) is 17.5. The maximum atomic E-state index is 12.2. The van der Waals surface area contributed by atoms with Gasteiger partial charge in [0.2, 0.25) is 5.91 Å². The van der Waals surface area contributed by atoms with Crippen molar-refractivity contribution in [3.8, 4) is 11.5 Å². The van der Waals surface area contributed by atoms with Gasteiger partial charge in [-0.15, -0.1) is 0 Å². The number of methoxy groups -OCH3 is 1. The van der Waals surface area contributed by atoms with Crippen LogP contribution in [0.5, 0.6) is 11.5 Å². The highest BCUT2D eigenvalue weighted by molar-refractivity contribution is 6.32. The maximum absolute atomic E-state index is 12.2. The summed E-state index contributed by atoms with van der Waals surface area (Å²) in [5, 5.41) is 5.19. The highest BCUT2D eigenvalue weighted by atomic mass is 35.5. The second kappa shape index (κ2) is 11.4. The van der Waals surface area contributed by atoms with E-state index in [2.05, 4.69) is 10.6 Å². The molecule has 0 unspecified atom stereocenters. The van der Waals surface area contributed by atoms with E-state index in [9.17, 15) is 14.4 Å². The molecule has 0 radical (unpaired) electrons. The third-order valence-electron chi connectivity index (χ3n) is 3.26. The summed E-state index contributed by atoms with van der Waals surface area (Å²) in [5.74, 6) is -0.771. The van der Waals surface area contributed by atoms with Gasteiger partial charge in [0, 0.05) is 6.04 Å². The number of benzene rings is 1. The number of rotatable bonds is 10. The molecule has 1 rings (SSSR count). The number of hydrogen-bond donors (Lipinski definition) is 2. The second-order valence-corrected chi connectivity index (χ2v) is 7.18. The number of carbonyl (C=O) groups is 3. The predicted octanol–water partition coefficient (Wildman–Crippen LogP) is 2.18. The first-order valence-corrected chi connectivity index (χ1v) is 9.25. The highest BCUT2D eigenvalue weighted by Gasteiger charge is 2.18. The Hall–Kier alpha value is -2.48. The molecule has 0 bridgehead atoms. The van der Waals surface area contributed by atoms with Gasteiger partial charge in [0.25, 0.3) is 5.91 Å². The van der Waals surface area contributed by atoms with Gasteiger partial charge < -0.3 is 24.8 Å². The standard InChI is InChI=1S/C19H27ClN2O6/c1-11(2)9-27-18-14(20)6-13(7-15(18)26-5)19(25)28-10-17(24)21-8-16(23)22-12(3)4/h6-7,11-12H,8-10H2,1-5H3,(H,21,24)(H,22,23). The van der Waals surface area contributed by atoms with Crippen LogP contribution in [0.3, 0.4) is 0 Å². The van der Waals surface area contributed by atoms with Crippen molar-refractivity contribution in [3.05, 3.63) is 22.7 Å². The number of hydrogen-bond acceptors (Lipinski definition) is 6. The third-order valence-corrected chi connectivity index (χ3v) is 3.54. The van der Waals surface area contributed by atoms with Crippen molar-refractivity contribution in [3.63, 3.8) is 0 Å². The lowest BCUT2D eigenvalue weighted by atomic mass is 10.2. The predicted molar refractivity (Wildman–Crippen MR) is 105 cm³/mol. The van der Waals surface area contributed by atoms with Crippen LogP contribution in [0, 0.1) is 5.92 Å². The van der Waals surface area contributed by atoms with Gasteiger partial charge in [-0.3, -0.25) is 9.59 Å². The zero-order valence-electron chi connectivity index (χ0n) is 16.8. The van der Waals surface area contributed by atoms with E-state index in [1.807, 2.05) is 13.8 Å². The first-order chi connectivity index (χ1) is 13.1. The Morgan fingerprint density at radius 1 is 1.11 bits per heavy atom. The Morgan fingerprint density at radius 2 is 1.79 bits per heavy atom. The van der Waals surface area contributed by atoms with E-state index in [1.54, 1.807) is 13.8 Å². The SMILES string of the molecule is COc1cc(C(=O)OCC(=O)NCC(=O)NC(C)C)cc(Cl)c1OCC(C)C. The molecule has 1 aromatic carbocycles. The van der Waals surface area contributed by atoms with E-state index in [0.29, 0.717) is 12.4 Å². The van der Waals surface area contributed by atoms with Crippen LogP contribution in [0.4, 0.5) is 0 Å². The summed E-state index contributed by atoms with van der Waals surface area (Å²) in [4.78, 5) is 35.4. The molecule has 0 spiro atoms. The molecule has 2 N–H and O–H groups in total. The van der Waals surface area contributed by atoms with Crippen LogP contribution in [0.2, 0.25) is 5.02 Å². The normalized spacial score (nSPS) is 10.6. The number of ether oxygens (including phenoxy) is 3. The molecule has 0 aliphatic rings. The topological polar surface area (TPSA) is 103 Å². The molecule has 0 saturated heterocycles. The fraction of sp³-hybridized carbons (Fsp3) is 0.526. The molecule has 0 saturated carbocycles. The minimum atomic E-state index is -0.752. The van der Waals surface area contributed by atoms with Crippen LogP contribution in [0.15, 0.2) is 12.1 Å². The molecule has 9 heteroatoms. The summed E-state index contributed by atoms with van der Waals surface area (Å²) >= 11 is 6.19. The Labute approximate surface area is 169 Å². The molecule has 0 aliphatic heterocycles. The summed E-state index contributed by atoms with van der Waals surface area (Å²) in [6, 6.07) is 2.78. The highest BCUT2D eigenvalue weighted by Crippen LogP contribution is 2.36. The van der Waals surface area contributed by atoms with Crippen molar-refractivity contribution in [2.75, 3.05) is 26.9 Å². The molecule has 0 atom stereocenters. The summed E-state index contributed by atoms with van der Waals surface area (Å²) in [7, 11) is 1.43. The largest absolute Gasteiger partial charge is 0.493 e. The third kappa shape index (κ3) is 8.04. The van der Waals surface area contributed by atoms with Gasteiger partial charge in [-0.05, 0) is 31.9 Å². The van der Waals surface area contributed by atoms with Crippen LogP contribution in [-0.4, -0.2) is 50.7 Å². The van der Waals surface area contributed by atoms with Crippen LogP contribution in [-0.2, 0) is 14.3 Å². The quantitative estimate of drug-likeness (QED) is 0.569. The molecule has 0 fully saturated rings. The Morgan fingerprint density at radius 3 is 2.36 bits per heavy atom. The molecule has 8 nitrogen and oxygen atoms in total. The average Bonchev–Trinajstić information content (AvgIpc) is 2.61. The molecular weight excluding hydrogens is 388 g/mol. The van der Waals surface area contributed by atoms with Gasteiger partial charge in [-0.1, -0.05) is 25.4 Å². The first-order valence-electron chi connectivity index (χ1n) is 8.87. The Balaban J connectivity index is 2.65. The van der Waals surface area contributed by atoms with E-state index in [-0.39, 0.29) is 40.7 Å². The number of nitrogens with one attached hydrogen (secondary N) is 2. The van der Waals surface area contributed by atoms with E-state index in [4.69, 9.17) is 25.8 Å². The second-order valence-electron chi connectivity index (χ2n) is 6.77. The van der Waals surface area contributed by atoms with Crippen LogP contribution >= 0.6 is 11.6 Å². The molecule has 156 valence electrons. The maximum Gasteiger partial charge on any atom is 0.338 e. The lowest BCUT2D eigenvalue weighted by Gasteiger charge is -2.15. The van der Waals surface area contributed by atoms with Gasteiger partial charge >= 0.3 is 5.97 Å². The fourth-order valence-corrected chi connectivity index (χ4v) is 2.31. The smallest absolute Gasteiger partial charge is 0.338 e. The minimum absolute atomic E-state index is 0.0329. The zero-order chi connectivity index (χ0) is 21.3. The summed E-state index contributed by atoms with van der Waals surface area (Å²) in [6.07, 6.45) is 0. The fourth-order valence-electron chi connectivity index (χ4n) is 2.05. The summed E-state index contributed by atoms with van der Waals surface area (Å²) in [6.45, 7) is 7.30. The molecule has 28 heavy (non-hydrogen) atoms. The van der Waals surface area contributed by atoms with E-state index < -0.39 is 18.5 Å². The van der Waals surface area contributed by atoms with Gasteiger partial charge in [0.15, 0.2) is 18.1 Å². The van der Waals surface area contributed by atoms with E-state index in [1.165, 1.54) is 19.2 Å². The molecule has 2 amide bonds. The minimum Gasteiger partial charge on any atom is -0.493 e. The summed E-state index contributed by atoms with van der Waals surface area (Å²) < 4.78 is 15.8. The molecule has 0 aromatic heterocycles. The van der Waals surface area contributed by atoms with Gasteiger partial charge in [0.1, 0.15) is 0 Å². The monoisotopic (exact) mass is 414 g/mol. The molecule has 1 aromatic rings. The van der Waals surface area contributed by atoms with Crippen molar-refractivity contribution >= 4 is 29.4 Å². The van der Waals surface area contributed by atoms with Crippen LogP contribution in [0.1, 0.15) is 38.1 Å². The number of halogens is 1. The van der Waals surface area contributed by atoms with Crippen LogP contribution < -0.4 is 20.1 Å². The number of esters is 1. The van der Waals surface area contributed by atoms with Gasteiger partial charge in [-0.25, -0.2) is 4.79 Å². The van der Waals surface area contributed by atoms with Crippen LogP contribution in [0.25, 0.3) is 0 Å². The average molecular weight is 415 g/mol. The van der Waals surface area contributed by atoms with Crippen molar-refractivity contribution < 1.29 is 28.6 Å². The van der Waals surface area contributed by atoms with Crippen molar-refractivity contribution in [2.24, 2.45) is 5.92 Å². The van der Waals surface area contributed by atoms with Crippen molar-refractivity contribution in [1.82, 2.24) is 10.6 Å². The summed E-state index contributed by atoms with van der Waals surface area (Å²) in [5.41, 5.74) is 0.115. The Bertz CT molecular complexity index is 706. The lowest BCUT2D eigenvalue weighted by Crippen LogP contribution is -2.41. The molecule has 0 heterocycles. The van der Waals surface area contributed by atoms with Gasteiger partial charge in [0.05, 0.1) is 30.8 Å². The first kappa shape index (κ1) is 23.6.